The van der Waals surface area contributed by atoms with Gasteiger partial charge in [-0.05, 0) is 73.4 Å². The number of thiazole rings is 1. The number of carbonyl (C=O) groups excluding carboxylic acids is 2. The van der Waals surface area contributed by atoms with Gasteiger partial charge < -0.3 is 14.2 Å². The summed E-state index contributed by atoms with van der Waals surface area (Å²) in [5.74, 6) is -0.826. The summed E-state index contributed by atoms with van der Waals surface area (Å²) in [5, 5.41) is 8.09. The van der Waals surface area contributed by atoms with Crippen LogP contribution in [0.2, 0.25) is 0 Å². The first kappa shape index (κ1) is 25.4. The lowest BCUT2D eigenvalue weighted by molar-refractivity contribution is 0.101. The number of pyridine rings is 1. The molecule has 1 aliphatic heterocycles. The molecule has 0 spiro atoms. The first-order valence-electron chi connectivity index (χ1n) is 12.2. The van der Waals surface area contributed by atoms with Crippen LogP contribution in [0.5, 0.6) is 0 Å². The average molecular weight is 535 g/mol. The maximum absolute atomic E-state index is 13.5. The van der Waals surface area contributed by atoms with Crippen molar-refractivity contribution in [3.63, 3.8) is 0 Å². The first-order chi connectivity index (χ1) is 18.4. The molecule has 5 rings (SSSR count). The molecule has 11 heteroatoms. The molecule has 38 heavy (non-hydrogen) atoms. The molecule has 3 aromatic heterocycles. The van der Waals surface area contributed by atoms with Crippen molar-refractivity contribution >= 4 is 39.8 Å². The minimum absolute atomic E-state index is 0.0870. The van der Waals surface area contributed by atoms with E-state index in [4.69, 9.17) is 4.98 Å². The van der Waals surface area contributed by atoms with Crippen molar-refractivity contribution in [3.05, 3.63) is 88.7 Å². The van der Waals surface area contributed by atoms with Gasteiger partial charge in [-0.3, -0.25) is 15.4 Å². The van der Waals surface area contributed by atoms with Crippen LogP contribution in [0, 0.1) is 12.9 Å². The van der Waals surface area contributed by atoms with Gasteiger partial charge in [-0.25, -0.2) is 14.8 Å². The molecule has 1 fully saturated rings. The number of rotatable bonds is 7. The lowest BCUT2D eigenvalue weighted by Crippen LogP contribution is -2.23. The molecule has 0 radical (unpaired) electrons. The van der Waals surface area contributed by atoms with Crippen molar-refractivity contribution in [2.45, 2.75) is 32.4 Å². The van der Waals surface area contributed by atoms with Gasteiger partial charge in [0.05, 0.1) is 18.8 Å². The first-order valence-corrected chi connectivity index (χ1v) is 13.0. The second kappa shape index (κ2) is 11.0. The molecule has 2 amide bonds. The van der Waals surface area contributed by atoms with Gasteiger partial charge in [-0.15, -0.1) is 11.3 Å². The highest BCUT2D eigenvalue weighted by Gasteiger charge is 2.28. The van der Waals surface area contributed by atoms with E-state index in [1.54, 1.807) is 16.7 Å². The molecule has 4 aromatic rings. The van der Waals surface area contributed by atoms with Crippen molar-refractivity contribution in [1.29, 1.82) is 0 Å². The number of aryl methyl sites for hydroxylation is 1. The fraction of sp³-hybridized carbons (Fsp3) is 0.259. The van der Waals surface area contributed by atoms with E-state index in [2.05, 4.69) is 25.3 Å². The van der Waals surface area contributed by atoms with E-state index in [0.717, 1.165) is 36.3 Å². The number of anilines is 3. The van der Waals surface area contributed by atoms with Crippen LogP contribution >= 0.6 is 11.3 Å². The van der Waals surface area contributed by atoms with Gasteiger partial charge in [0.15, 0.2) is 5.13 Å². The topological polar surface area (TPSA) is 101 Å². The predicted molar refractivity (Wildman–Crippen MR) is 144 cm³/mol. The highest BCUT2D eigenvalue weighted by atomic mass is 32.1. The Kier molecular flexibility index (Phi) is 7.36. The van der Waals surface area contributed by atoms with Crippen LogP contribution in [0.3, 0.4) is 0 Å². The number of ether oxygens (including phenoxy) is 1. The van der Waals surface area contributed by atoms with Crippen LogP contribution in [0.25, 0.3) is 0 Å². The fourth-order valence-electron chi connectivity index (χ4n) is 4.66. The standard InChI is InChI=1S/C27H27FN6O3S/c1-17-12-23(33(14-17)15-18-9-10-29-24(28)13-18)25(35)32-26-31-21(16-38-26)22-4-3-11-34(22)20-7-5-19(6-8-20)30-27(36)37-2/h5-10,12-14,16,22H,3-4,11,15H2,1-2H3,(H,30,36)(H,31,32,35)/t22-/m1/s1. The smallest absolute Gasteiger partial charge is 0.411 e. The number of hydrogen-bond acceptors (Lipinski definition) is 7. The number of aromatic nitrogens is 3. The summed E-state index contributed by atoms with van der Waals surface area (Å²) < 4.78 is 20.0. The Morgan fingerprint density at radius 2 is 2.00 bits per heavy atom. The number of nitrogens with one attached hydrogen (secondary N) is 2. The molecule has 0 bridgehead atoms. The van der Waals surface area contributed by atoms with Crippen molar-refractivity contribution in [1.82, 2.24) is 14.5 Å². The number of hydrogen-bond donors (Lipinski definition) is 2. The zero-order valence-electron chi connectivity index (χ0n) is 21.0. The quantitative estimate of drug-likeness (QED) is 0.299. The molecular weight excluding hydrogens is 507 g/mol. The minimum atomic E-state index is -0.553. The lowest BCUT2D eigenvalue weighted by Gasteiger charge is -2.25. The number of carbonyl (C=O) groups is 2. The molecule has 4 heterocycles. The van der Waals surface area contributed by atoms with Crippen LogP contribution in [0.1, 0.15) is 46.2 Å². The number of methoxy groups -OCH3 is 1. The summed E-state index contributed by atoms with van der Waals surface area (Å²) in [7, 11) is 1.33. The third kappa shape index (κ3) is 5.67. The number of amides is 2. The van der Waals surface area contributed by atoms with Gasteiger partial charge in [-0.2, -0.15) is 4.39 Å². The number of benzene rings is 1. The van der Waals surface area contributed by atoms with E-state index in [0.29, 0.717) is 28.6 Å². The summed E-state index contributed by atoms with van der Waals surface area (Å²) in [6.07, 6.45) is 4.74. The van der Waals surface area contributed by atoms with Gasteiger partial charge in [0.25, 0.3) is 5.91 Å². The van der Waals surface area contributed by atoms with E-state index in [-0.39, 0.29) is 11.9 Å². The molecule has 1 aliphatic rings. The Bertz CT molecular complexity index is 1450. The molecule has 2 N–H and O–H groups in total. The highest BCUT2D eigenvalue weighted by molar-refractivity contribution is 7.14. The van der Waals surface area contributed by atoms with Crippen LogP contribution in [-0.4, -0.2) is 40.2 Å². The van der Waals surface area contributed by atoms with Crippen molar-refractivity contribution in [2.24, 2.45) is 0 Å². The fourth-order valence-corrected chi connectivity index (χ4v) is 5.41. The second-order valence-corrected chi connectivity index (χ2v) is 9.92. The molecule has 1 saturated heterocycles. The Morgan fingerprint density at radius 1 is 1.18 bits per heavy atom. The summed E-state index contributed by atoms with van der Waals surface area (Å²) >= 11 is 1.39. The SMILES string of the molecule is COC(=O)Nc1ccc(N2CCC[C@@H]2c2csc(NC(=O)c3cc(C)cn3Cc3ccnc(F)c3)n2)cc1. The molecule has 196 valence electrons. The van der Waals surface area contributed by atoms with Gasteiger partial charge in [0.2, 0.25) is 5.95 Å². The molecular formula is C27H27FN6O3S. The van der Waals surface area contributed by atoms with Crippen LogP contribution in [0.4, 0.5) is 25.7 Å². The average Bonchev–Trinajstić information content (AvgIpc) is 3.64. The number of nitrogens with zero attached hydrogens (tertiary/aromatic N) is 4. The molecule has 1 aromatic carbocycles. The Morgan fingerprint density at radius 3 is 2.76 bits per heavy atom. The molecule has 0 saturated carbocycles. The highest BCUT2D eigenvalue weighted by Crippen LogP contribution is 2.37. The van der Waals surface area contributed by atoms with Crippen molar-refractivity contribution in [3.8, 4) is 0 Å². The maximum Gasteiger partial charge on any atom is 0.411 e. The Labute approximate surface area is 223 Å². The van der Waals surface area contributed by atoms with Crippen LogP contribution in [0.15, 0.2) is 60.2 Å². The normalized spacial score (nSPS) is 14.9. The van der Waals surface area contributed by atoms with Crippen molar-refractivity contribution in [2.75, 3.05) is 29.2 Å². The molecule has 0 unspecified atom stereocenters. The van der Waals surface area contributed by atoms with E-state index in [1.807, 2.05) is 42.8 Å². The second-order valence-electron chi connectivity index (χ2n) is 9.06. The Hall–Kier alpha value is -4.25. The zero-order valence-corrected chi connectivity index (χ0v) is 21.8. The molecule has 1 atom stereocenters. The summed E-state index contributed by atoms with van der Waals surface area (Å²) in [4.78, 5) is 35.2. The zero-order chi connectivity index (χ0) is 26.6. The van der Waals surface area contributed by atoms with Crippen LogP contribution in [-0.2, 0) is 11.3 Å². The maximum atomic E-state index is 13.5. The summed E-state index contributed by atoms with van der Waals surface area (Å²) in [5.41, 5.74) is 4.71. The van der Waals surface area contributed by atoms with Crippen LogP contribution < -0.4 is 15.5 Å². The van der Waals surface area contributed by atoms with Gasteiger partial charge in [0, 0.05) is 42.2 Å². The van der Waals surface area contributed by atoms with E-state index >= 15 is 0 Å². The Balaban J connectivity index is 1.28. The minimum Gasteiger partial charge on any atom is -0.453 e. The van der Waals surface area contributed by atoms with E-state index < -0.39 is 12.0 Å². The predicted octanol–water partition coefficient (Wildman–Crippen LogP) is 5.61. The largest absolute Gasteiger partial charge is 0.453 e. The summed E-state index contributed by atoms with van der Waals surface area (Å²) in [6, 6.07) is 12.6. The molecule has 9 nitrogen and oxygen atoms in total. The lowest BCUT2D eigenvalue weighted by atomic mass is 10.1. The van der Waals surface area contributed by atoms with Crippen molar-refractivity contribution < 1.29 is 18.7 Å². The number of halogens is 1. The monoisotopic (exact) mass is 534 g/mol. The van der Waals surface area contributed by atoms with Gasteiger partial charge in [-0.1, -0.05) is 0 Å². The molecule has 0 aliphatic carbocycles. The van der Waals surface area contributed by atoms with Gasteiger partial charge >= 0.3 is 6.09 Å². The van der Waals surface area contributed by atoms with E-state index in [1.165, 1.54) is 30.7 Å². The van der Waals surface area contributed by atoms with E-state index in [9.17, 15) is 14.0 Å². The third-order valence-corrected chi connectivity index (χ3v) is 7.15. The summed E-state index contributed by atoms with van der Waals surface area (Å²) in [6.45, 7) is 3.15. The van der Waals surface area contributed by atoms with Gasteiger partial charge in [0.1, 0.15) is 5.69 Å². The third-order valence-electron chi connectivity index (χ3n) is 6.38.